The second-order valence-electron chi connectivity index (χ2n) is 5.52. The van der Waals surface area contributed by atoms with Gasteiger partial charge in [-0.3, -0.25) is 9.78 Å². The molecule has 0 aliphatic carbocycles. The van der Waals surface area contributed by atoms with Gasteiger partial charge in [-0.15, -0.1) is 11.3 Å². The van der Waals surface area contributed by atoms with Crippen LogP contribution in [0, 0.1) is 0 Å². The molecule has 0 aliphatic heterocycles. The van der Waals surface area contributed by atoms with Crippen LogP contribution in [0.25, 0.3) is 22.2 Å². The van der Waals surface area contributed by atoms with Crippen molar-refractivity contribution in [1.29, 1.82) is 0 Å². The third-order valence-electron chi connectivity index (χ3n) is 3.59. The molecule has 0 saturated heterocycles. The van der Waals surface area contributed by atoms with E-state index in [1.165, 1.54) is 16.2 Å². The molecule has 0 radical (unpaired) electrons. The fourth-order valence-corrected chi connectivity index (χ4v) is 3.02. The number of hydrogen-bond donors (Lipinski definition) is 0. The first-order chi connectivity index (χ1) is 13.2. The summed E-state index contributed by atoms with van der Waals surface area (Å²) >= 11 is 1.31. The third-order valence-corrected chi connectivity index (χ3v) is 4.43. The Labute approximate surface area is 157 Å². The van der Waals surface area contributed by atoms with Crippen molar-refractivity contribution in [2.75, 3.05) is 7.05 Å². The molecule has 9 nitrogen and oxygen atoms in total. The van der Waals surface area contributed by atoms with Crippen LogP contribution in [0.15, 0.2) is 52.9 Å². The molecule has 1 amide bonds. The van der Waals surface area contributed by atoms with Crippen LogP contribution in [0.1, 0.15) is 16.4 Å². The van der Waals surface area contributed by atoms with Gasteiger partial charge in [0.2, 0.25) is 11.7 Å². The molecule has 0 N–H and O–H groups in total. The van der Waals surface area contributed by atoms with Gasteiger partial charge in [0.05, 0.1) is 0 Å². The van der Waals surface area contributed by atoms with Gasteiger partial charge in [0, 0.05) is 42.8 Å². The van der Waals surface area contributed by atoms with Gasteiger partial charge in [0.15, 0.2) is 10.8 Å². The fourth-order valence-electron chi connectivity index (χ4n) is 2.29. The molecule has 4 aromatic rings. The van der Waals surface area contributed by atoms with Crippen LogP contribution in [0.5, 0.6) is 0 Å². The van der Waals surface area contributed by atoms with E-state index in [-0.39, 0.29) is 12.5 Å². The summed E-state index contributed by atoms with van der Waals surface area (Å²) in [6.45, 7) is 0.167. The third kappa shape index (κ3) is 3.70. The monoisotopic (exact) mass is 379 g/mol. The highest BCUT2D eigenvalue weighted by atomic mass is 32.1. The zero-order valence-corrected chi connectivity index (χ0v) is 15.0. The molecule has 4 heterocycles. The molecule has 27 heavy (non-hydrogen) atoms. The number of pyridine rings is 1. The van der Waals surface area contributed by atoms with E-state index in [0.29, 0.717) is 28.2 Å². The van der Waals surface area contributed by atoms with Gasteiger partial charge in [-0.1, -0.05) is 5.16 Å². The molecule has 0 aliphatic rings. The number of aromatic nitrogens is 6. The van der Waals surface area contributed by atoms with Gasteiger partial charge in [-0.2, -0.15) is 4.98 Å². The molecule has 0 aromatic carbocycles. The number of hydrogen-bond acceptors (Lipinski definition) is 9. The highest BCUT2D eigenvalue weighted by Gasteiger charge is 2.19. The minimum Gasteiger partial charge on any atom is -0.337 e. The lowest BCUT2D eigenvalue weighted by Crippen LogP contribution is -2.26. The van der Waals surface area contributed by atoms with Gasteiger partial charge < -0.3 is 9.42 Å². The van der Waals surface area contributed by atoms with Crippen molar-refractivity contribution in [2.24, 2.45) is 0 Å². The van der Waals surface area contributed by atoms with Crippen molar-refractivity contribution in [1.82, 2.24) is 35.0 Å². The summed E-state index contributed by atoms with van der Waals surface area (Å²) in [5.41, 5.74) is 1.06. The molecule has 4 rings (SSSR count). The number of thiazole rings is 1. The summed E-state index contributed by atoms with van der Waals surface area (Å²) < 4.78 is 5.23. The van der Waals surface area contributed by atoms with E-state index in [9.17, 15) is 4.79 Å². The molecule has 0 atom stereocenters. The summed E-state index contributed by atoms with van der Waals surface area (Å²) in [7, 11) is 1.65. The van der Waals surface area contributed by atoms with Crippen molar-refractivity contribution in [3.63, 3.8) is 0 Å². The first kappa shape index (κ1) is 16.9. The molecule has 0 bridgehead atoms. The number of nitrogens with zero attached hydrogens (tertiary/aromatic N) is 7. The molecule has 0 unspecified atom stereocenters. The maximum absolute atomic E-state index is 12.6. The average Bonchev–Trinajstić information content (AvgIpc) is 3.39. The second kappa shape index (κ2) is 7.38. The van der Waals surface area contributed by atoms with E-state index in [4.69, 9.17) is 4.52 Å². The van der Waals surface area contributed by atoms with Gasteiger partial charge in [0.25, 0.3) is 5.91 Å². The number of carbonyl (C=O) groups is 1. The molecular formula is C17H13N7O2S. The summed E-state index contributed by atoms with van der Waals surface area (Å²) in [4.78, 5) is 35.0. The highest BCUT2D eigenvalue weighted by molar-refractivity contribution is 7.13. The van der Waals surface area contributed by atoms with Crippen molar-refractivity contribution in [3.05, 3.63) is 60.0 Å². The summed E-state index contributed by atoms with van der Waals surface area (Å²) in [5, 5.41) is 6.19. The molecule has 0 saturated carbocycles. The van der Waals surface area contributed by atoms with E-state index in [1.807, 2.05) is 6.07 Å². The zero-order valence-electron chi connectivity index (χ0n) is 14.2. The Bertz CT molecular complexity index is 1050. The lowest BCUT2D eigenvalue weighted by Gasteiger charge is -2.12. The smallest absolute Gasteiger partial charge is 0.273 e. The van der Waals surface area contributed by atoms with Crippen LogP contribution in [0.4, 0.5) is 0 Å². The fraction of sp³-hybridized carbons (Fsp3) is 0.118. The minimum absolute atomic E-state index is 0.167. The maximum atomic E-state index is 12.6. The Morgan fingerprint density at radius 1 is 1.15 bits per heavy atom. The van der Waals surface area contributed by atoms with Crippen molar-refractivity contribution in [2.45, 2.75) is 6.54 Å². The van der Waals surface area contributed by atoms with E-state index < -0.39 is 0 Å². The van der Waals surface area contributed by atoms with Crippen LogP contribution in [0.3, 0.4) is 0 Å². The Balaban J connectivity index is 1.46. The quantitative estimate of drug-likeness (QED) is 0.519. The van der Waals surface area contributed by atoms with Gasteiger partial charge in [-0.25, -0.2) is 15.0 Å². The van der Waals surface area contributed by atoms with Crippen LogP contribution in [0.2, 0.25) is 0 Å². The van der Waals surface area contributed by atoms with E-state index >= 15 is 0 Å². The maximum Gasteiger partial charge on any atom is 0.273 e. The highest BCUT2D eigenvalue weighted by Crippen LogP contribution is 2.21. The molecule has 4 aromatic heterocycles. The second-order valence-corrected chi connectivity index (χ2v) is 6.38. The van der Waals surface area contributed by atoms with Crippen LogP contribution in [-0.4, -0.2) is 47.9 Å². The lowest BCUT2D eigenvalue weighted by molar-refractivity contribution is 0.0764. The molecular weight excluding hydrogens is 366 g/mol. The Morgan fingerprint density at radius 3 is 2.78 bits per heavy atom. The average molecular weight is 379 g/mol. The van der Waals surface area contributed by atoms with Gasteiger partial charge >= 0.3 is 0 Å². The molecule has 0 spiro atoms. The molecule has 0 fully saturated rings. The van der Waals surface area contributed by atoms with Gasteiger partial charge in [0.1, 0.15) is 12.2 Å². The predicted octanol–water partition coefficient (Wildman–Crippen LogP) is 2.32. The summed E-state index contributed by atoms with van der Waals surface area (Å²) in [5.74, 6) is 0.986. The Hall–Kier alpha value is -3.53. The standard InChI is InChI=1S/C17H13N7O2S/c1-24(9-13-22-14(23-26-13)11-4-2-5-18-8-11)17(25)12-10-27-16(21-12)15-19-6-3-7-20-15/h2-8,10H,9H2,1H3. The van der Waals surface area contributed by atoms with Crippen LogP contribution >= 0.6 is 11.3 Å². The number of amides is 1. The zero-order chi connectivity index (χ0) is 18.6. The SMILES string of the molecule is CN(Cc1nc(-c2cccnc2)no1)C(=O)c1csc(-c2ncccn2)n1. The van der Waals surface area contributed by atoms with E-state index in [0.717, 1.165) is 5.56 Å². The Morgan fingerprint density at radius 2 is 2.00 bits per heavy atom. The van der Waals surface area contributed by atoms with Crippen molar-refractivity contribution in [3.8, 4) is 22.2 Å². The van der Waals surface area contributed by atoms with Crippen molar-refractivity contribution < 1.29 is 9.32 Å². The first-order valence-corrected chi connectivity index (χ1v) is 8.80. The predicted molar refractivity (Wildman–Crippen MR) is 96.5 cm³/mol. The Kier molecular flexibility index (Phi) is 4.62. The number of rotatable bonds is 5. The van der Waals surface area contributed by atoms with Gasteiger partial charge in [-0.05, 0) is 18.2 Å². The summed E-state index contributed by atoms with van der Waals surface area (Å²) in [6, 6.07) is 5.34. The molecule has 10 heteroatoms. The largest absolute Gasteiger partial charge is 0.337 e. The van der Waals surface area contributed by atoms with E-state index in [1.54, 1.807) is 49.3 Å². The first-order valence-electron chi connectivity index (χ1n) is 7.92. The summed E-state index contributed by atoms with van der Waals surface area (Å²) in [6.07, 6.45) is 6.57. The normalized spacial score (nSPS) is 10.7. The topological polar surface area (TPSA) is 111 Å². The molecule has 134 valence electrons. The van der Waals surface area contributed by atoms with Crippen molar-refractivity contribution >= 4 is 17.2 Å². The van der Waals surface area contributed by atoms with Crippen LogP contribution in [-0.2, 0) is 6.54 Å². The van der Waals surface area contributed by atoms with Crippen LogP contribution < -0.4 is 0 Å². The lowest BCUT2D eigenvalue weighted by atomic mass is 10.3. The minimum atomic E-state index is -0.255. The van der Waals surface area contributed by atoms with E-state index in [2.05, 4.69) is 30.1 Å². The number of carbonyl (C=O) groups excluding carboxylic acids is 1.